The second kappa shape index (κ2) is 3.69. The van der Waals surface area contributed by atoms with Crippen LogP contribution in [0.1, 0.15) is 10.4 Å². The van der Waals surface area contributed by atoms with E-state index in [0.29, 0.717) is 14.4 Å². The molecule has 0 aliphatic heterocycles. The zero-order chi connectivity index (χ0) is 9.30. The molecule has 2 nitrogen and oxygen atoms in total. The summed E-state index contributed by atoms with van der Waals surface area (Å²) in [5.74, 6) is -1.00. The fourth-order valence-corrected chi connectivity index (χ4v) is 1.86. The molecule has 0 saturated heterocycles. The first-order valence-electron chi connectivity index (χ1n) is 3.00. The molecule has 0 aromatic heterocycles. The number of aromatic carboxylic acids is 1. The number of halogens is 2. The van der Waals surface area contributed by atoms with E-state index < -0.39 is 5.97 Å². The Morgan fingerprint density at radius 3 is 2.50 bits per heavy atom. The maximum absolute atomic E-state index is 10.6. The van der Waals surface area contributed by atoms with E-state index in [-0.39, 0.29) is 5.56 Å². The molecular weight excluding hydrogens is 262 g/mol. The van der Waals surface area contributed by atoms with Gasteiger partial charge in [-0.25, -0.2) is 0 Å². The van der Waals surface area contributed by atoms with Crippen LogP contribution in [0.2, 0.25) is 10.0 Å². The SMILES string of the molecule is O=C(O)c1cc(Cl)cc(Cl)c1[AsH2]. The van der Waals surface area contributed by atoms with Gasteiger partial charge in [0.1, 0.15) is 0 Å². The number of carboxylic acids is 1. The van der Waals surface area contributed by atoms with Crippen molar-refractivity contribution in [1.82, 2.24) is 0 Å². The van der Waals surface area contributed by atoms with E-state index in [1.54, 1.807) is 0 Å². The van der Waals surface area contributed by atoms with E-state index in [2.05, 4.69) is 0 Å². The Hall–Kier alpha value is -0.172. The number of carbonyl (C=O) groups is 1. The first-order valence-corrected chi connectivity index (χ1v) is 4.97. The minimum absolute atomic E-state index is 0.174. The van der Waals surface area contributed by atoms with E-state index in [1.165, 1.54) is 29.0 Å². The van der Waals surface area contributed by atoms with Crippen LogP contribution < -0.4 is 4.35 Å². The summed E-state index contributed by atoms with van der Waals surface area (Å²) in [6.45, 7) is 0. The molecule has 1 atom stereocenters. The fraction of sp³-hybridized carbons (Fsp3) is 0. The van der Waals surface area contributed by atoms with Gasteiger partial charge in [0.25, 0.3) is 0 Å². The van der Waals surface area contributed by atoms with Crippen molar-refractivity contribution < 1.29 is 9.90 Å². The fourth-order valence-electron chi connectivity index (χ4n) is 0.762. The summed E-state index contributed by atoms with van der Waals surface area (Å²) < 4.78 is 0.598. The second-order valence-electron chi connectivity index (χ2n) is 2.15. The second-order valence-corrected chi connectivity index (χ2v) is 4.21. The van der Waals surface area contributed by atoms with Crippen LogP contribution in [0.25, 0.3) is 0 Å². The molecular formula is C7H5AsCl2O2. The molecule has 12 heavy (non-hydrogen) atoms. The van der Waals surface area contributed by atoms with Gasteiger partial charge in [0.15, 0.2) is 0 Å². The Morgan fingerprint density at radius 1 is 1.42 bits per heavy atom. The molecule has 0 spiro atoms. The summed E-state index contributed by atoms with van der Waals surface area (Å²) in [4.78, 5) is 10.6. The molecule has 5 heteroatoms. The number of benzene rings is 1. The molecule has 0 aliphatic rings. The Labute approximate surface area is 88.0 Å². The summed E-state index contributed by atoms with van der Waals surface area (Å²) in [7, 11) is 0. The van der Waals surface area contributed by atoms with Crippen LogP contribution in [-0.2, 0) is 0 Å². The topological polar surface area (TPSA) is 37.3 Å². The molecule has 0 radical (unpaired) electrons. The number of hydrogen-bond acceptors (Lipinski definition) is 1. The Kier molecular flexibility index (Phi) is 3.05. The van der Waals surface area contributed by atoms with Crippen molar-refractivity contribution in [2.45, 2.75) is 0 Å². The summed E-state index contributed by atoms with van der Waals surface area (Å²) >= 11 is 12.5. The molecule has 0 bridgehead atoms. The molecule has 0 fully saturated rings. The van der Waals surface area contributed by atoms with Crippen LogP contribution >= 0.6 is 23.2 Å². The Bertz CT molecular complexity index is 338. The average molecular weight is 267 g/mol. The molecule has 0 amide bonds. The van der Waals surface area contributed by atoms with Gasteiger partial charge in [0, 0.05) is 0 Å². The third kappa shape index (κ3) is 1.95. The van der Waals surface area contributed by atoms with Gasteiger partial charge in [0.2, 0.25) is 0 Å². The van der Waals surface area contributed by atoms with E-state index >= 15 is 0 Å². The van der Waals surface area contributed by atoms with Crippen LogP contribution in [0.4, 0.5) is 0 Å². The van der Waals surface area contributed by atoms with Crippen molar-refractivity contribution in [3.63, 3.8) is 0 Å². The van der Waals surface area contributed by atoms with Gasteiger partial charge in [-0.3, -0.25) is 0 Å². The first kappa shape index (κ1) is 9.91. The number of hydrogen-bond donors (Lipinski definition) is 1. The molecule has 64 valence electrons. The van der Waals surface area contributed by atoms with Gasteiger partial charge in [-0.05, 0) is 0 Å². The van der Waals surface area contributed by atoms with Gasteiger partial charge in [-0.1, -0.05) is 0 Å². The third-order valence-corrected chi connectivity index (χ3v) is 3.54. The standard InChI is InChI=1S/C7H5AsCl2O2/c8-6-4(7(11)12)1-3(9)2-5(6)10/h1-2H,8H2,(H,11,12). The summed E-state index contributed by atoms with van der Waals surface area (Å²) in [5.41, 5.74) is 0.174. The van der Waals surface area contributed by atoms with Crippen LogP contribution in [0.15, 0.2) is 12.1 Å². The molecule has 1 aromatic rings. The van der Waals surface area contributed by atoms with Crippen molar-refractivity contribution in [1.29, 1.82) is 0 Å². The van der Waals surface area contributed by atoms with E-state index in [9.17, 15) is 4.79 Å². The molecule has 1 rings (SSSR count). The third-order valence-electron chi connectivity index (χ3n) is 1.32. The predicted octanol–water partition coefficient (Wildman–Crippen LogP) is 0.950. The first-order chi connectivity index (χ1) is 5.52. The quantitative estimate of drug-likeness (QED) is 0.769. The van der Waals surface area contributed by atoms with Crippen LogP contribution in [0.3, 0.4) is 0 Å². The Balaban J connectivity index is 3.37. The van der Waals surface area contributed by atoms with Crippen LogP contribution in [0.5, 0.6) is 0 Å². The molecule has 1 aromatic carbocycles. The number of carboxylic acid groups (broad SMARTS) is 1. The van der Waals surface area contributed by atoms with E-state index in [0.717, 1.165) is 0 Å². The zero-order valence-corrected chi connectivity index (χ0v) is 9.78. The van der Waals surface area contributed by atoms with Gasteiger partial charge in [-0.15, -0.1) is 0 Å². The van der Waals surface area contributed by atoms with Gasteiger partial charge >= 0.3 is 88.0 Å². The predicted molar refractivity (Wildman–Crippen MR) is 51.6 cm³/mol. The van der Waals surface area contributed by atoms with E-state index in [1.807, 2.05) is 0 Å². The zero-order valence-electron chi connectivity index (χ0n) is 5.84. The Morgan fingerprint density at radius 2 is 2.00 bits per heavy atom. The van der Waals surface area contributed by atoms with Gasteiger partial charge in [0.05, 0.1) is 0 Å². The monoisotopic (exact) mass is 266 g/mol. The number of rotatable bonds is 1. The summed E-state index contributed by atoms with van der Waals surface area (Å²) in [5, 5.41) is 9.46. The molecule has 0 heterocycles. The van der Waals surface area contributed by atoms with Crippen molar-refractivity contribution in [2.24, 2.45) is 0 Å². The van der Waals surface area contributed by atoms with E-state index in [4.69, 9.17) is 28.3 Å². The minimum atomic E-state index is -1.00. The van der Waals surface area contributed by atoms with Gasteiger partial charge in [-0.2, -0.15) is 0 Å². The molecule has 0 aliphatic carbocycles. The molecule has 1 N–H and O–H groups in total. The normalized spacial score (nSPS) is 9.92. The van der Waals surface area contributed by atoms with Crippen LogP contribution in [-0.4, -0.2) is 27.9 Å². The molecule has 1 unspecified atom stereocenters. The van der Waals surface area contributed by atoms with Crippen molar-refractivity contribution >= 4 is 50.4 Å². The summed E-state index contributed by atoms with van der Waals surface area (Å²) in [6, 6.07) is 2.93. The maximum atomic E-state index is 10.6. The van der Waals surface area contributed by atoms with Crippen molar-refractivity contribution in [2.75, 3.05) is 0 Å². The van der Waals surface area contributed by atoms with Crippen LogP contribution in [0, 0.1) is 0 Å². The van der Waals surface area contributed by atoms with Crippen molar-refractivity contribution in [3.8, 4) is 0 Å². The average Bonchev–Trinajstić information content (AvgIpc) is 1.96. The summed E-state index contributed by atoms with van der Waals surface area (Å²) in [6.07, 6.45) is 0. The van der Waals surface area contributed by atoms with Crippen molar-refractivity contribution in [3.05, 3.63) is 27.7 Å². The van der Waals surface area contributed by atoms with Gasteiger partial charge < -0.3 is 0 Å². The molecule has 0 saturated carbocycles.